The smallest absolute Gasteiger partial charge is 0.381 e. The molecule has 1 aromatic heterocycles. The number of carbonyl (C=O) groups is 2. The maximum atomic E-state index is 9.90. The van der Waals surface area contributed by atoms with Crippen molar-refractivity contribution in [1.82, 2.24) is 9.97 Å². The Morgan fingerprint density at radius 1 is 1.07 bits per heavy atom. The van der Waals surface area contributed by atoms with Crippen LogP contribution in [0.4, 0.5) is 5.95 Å². The minimum atomic E-state index is -2.79. The standard InChI is InChI=1S/C11H20N3O3PS.C6H10O4/c1-6-15-18(19,16-7-2)17-10-8-9(3)12-11(13-10)14(4)5;7-5(8)3-1-2-4-6(9)10/h8H,6-7H2,1-5H3;1-4H2,(H,7,8)(H,9,10). The fourth-order valence-electron chi connectivity index (χ4n) is 1.84. The van der Waals surface area contributed by atoms with E-state index >= 15 is 0 Å². The van der Waals surface area contributed by atoms with E-state index in [0.29, 0.717) is 37.9 Å². The number of aryl methyl sites for hydroxylation is 1. The molecule has 2 N–H and O–H groups in total. The molecule has 12 heteroatoms. The Labute approximate surface area is 176 Å². The van der Waals surface area contributed by atoms with Crippen molar-refractivity contribution in [3.8, 4) is 5.88 Å². The van der Waals surface area contributed by atoms with E-state index in [4.69, 9.17) is 35.6 Å². The van der Waals surface area contributed by atoms with Gasteiger partial charge in [-0.2, -0.15) is 4.98 Å². The van der Waals surface area contributed by atoms with E-state index in [0.717, 1.165) is 5.69 Å². The molecule has 1 heterocycles. The van der Waals surface area contributed by atoms with E-state index in [1.54, 1.807) is 11.0 Å². The molecule has 0 aliphatic carbocycles. The molecule has 10 nitrogen and oxygen atoms in total. The van der Waals surface area contributed by atoms with Crippen LogP contribution in [0.3, 0.4) is 0 Å². The van der Waals surface area contributed by atoms with Gasteiger partial charge in [-0.15, -0.1) is 0 Å². The minimum absolute atomic E-state index is 0.0628. The minimum Gasteiger partial charge on any atom is -0.481 e. The van der Waals surface area contributed by atoms with Crippen molar-refractivity contribution in [2.24, 2.45) is 0 Å². The maximum Gasteiger partial charge on any atom is 0.381 e. The molecule has 29 heavy (non-hydrogen) atoms. The van der Waals surface area contributed by atoms with Crippen LogP contribution in [0, 0.1) is 6.92 Å². The Morgan fingerprint density at radius 3 is 1.93 bits per heavy atom. The number of aromatic nitrogens is 2. The highest BCUT2D eigenvalue weighted by molar-refractivity contribution is 8.07. The molecule has 0 radical (unpaired) electrons. The average Bonchev–Trinajstić information content (AvgIpc) is 2.58. The molecule has 0 aliphatic rings. The van der Waals surface area contributed by atoms with Gasteiger partial charge in [0.05, 0.1) is 13.2 Å². The van der Waals surface area contributed by atoms with Crippen LogP contribution in [0.15, 0.2) is 6.07 Å². The van der Waals surface area contributed by atoms with Crippen molar-refractivity contribution < 1.29 is 33.4 Å². The predicted octanol–water partition coefficient (Wildman–Crippen LogP) is 3.24. The molecule has 1 aromatic rings. The molecule has 0 spiro atoms. The fourth-order valence-corrected chi connectivity index (χ4v) is 3.84. The summed E-state index contributed by atoms with van der Waals surface area (Å²) in [6, 6.07) is 1.71. The summed E-state index contributed by atoms with van der Waals surface area (Å²) >= 11 is 5.30. The van der Waals surface area contributed by atoms with Crippen molar-refractivity contribution in [1.29, 1.82) is 0 Å². The average molecular weight is 451 g/mol. The molecule has 0 saturated heterocycles. The second kappa shape index (κ2) is 14.2. The molecule has 0 unspecified atom stereocenters. The van der Waals surface area contributed by atoms with E-state index in [9.17, 15) is 9.59 Å². The van der Waals surface area contributed by atoms with Crippen LogP contribution in [0.5, 0.6) is 5.88 Å². The summed E-state index contributed by atoms with van der Waals surface area (Å²) in [5, 5.41) is 16.3. The highest BCUT2D eigenvalue weighted by Gasteiger charge is 2.22. The molecular formula is C17H30N3O7PS. The van der Waals surface area contributed by atoms with Gasteiger partial charge in [-0.1, -0.05) is 0 Å². The molecule has 0 aliphatic heterocycles. The van der Waals surface area contributed by atoms with Crippen LogP contribution in [0.1, 0.15) is 45.2 Å². The van der Waals surface area contributed by atoms with E-state index < -0.39 is 18.7 Å². The topological polar surface area (TPSA) is 131 Å². The van der Waals surface area contributed by atoms with Crippen LogP contribution in [0.2, 0.25) is 0 Å². The van der Waals surface area contributed by atoms with Gasteiger partial charge < -0.3 is 19.6 Å². The third-order valence-electron chi connectivity index (χ3n) is 3.03. The molecule has 0 amide bonds. The van der Waals surface area contributed by atoms with Gasteiger partial charge in [0.2, 0.25) is 11.8 Å². The van der Waals surface area contributed by atoms with Gasteiger partial charge in [-0.25, -0.2) is 4.98 Å². The Hall–Kier alpha value is -1.81. The SMILES string of the molecule is CCOP(=S)(OCC)Oc1cc(C)nc(N(C)C)n1.O=C(O)CCCCC(=O)O. The third kappa shape index (κ3) is 13.1. The fraction of sp³-hybridized carbons (Fsp3) is 0.647. The zero-order chi connectivity index (χ0) is 22.4. The summed E-state index contributed by atoms with van der Waals surface area (Å²) in [4.78, 5) is 30.2. The first-order valence-corrected chi connectivity index (χ1v) is 11.6. The molecule has 0 aromatic carbocycles. The Morgan fingerprint density at radius 2 is 1.55 bits per heavy atom. The summed E-state index contributed by atoms with van der Waals surface area (Å²) < 4.78 is 16.5. The molecular weight excluding hydrogens is 421 g/mol. The quantitative estimate of drug-likeness (QED) is 0.358. The number of unbranched alkanes of at least 4 members (excludes halogenated alkanes) is 1. The number of aliphatic carboxylic acids is 2. The highest BCUT2D eigenvalue weighted by Crippen LogP contribution is 2.49. The largest absolute Gasteiger partial charge is 0.481 e. The van der Waals surface area contributed by atoms with E-state index in [-0.39, 0.29) is 12.8 Å². The van der Waals surface area contributed by atoms with Crippen LogP contribution >= 0.6 is 6.72 Å². The number of hydrogen-bond acceptors (Lipinski definition) is 9. The molecule has 1 rings (SSSR count). The normalized spacial score (nSPS) is 10.7. The van der Waals surface area contributed by atoms with E-state index in [1.165, 1.54) is 0 Å². The predicted molar refractivity (Wildman–Crippen MR) is 113 cm³/mol. The second-order valence-electron chi connectivity index (χ2n) is 5.91. The Kier molecular flexibility index (Phi) is 13.3. The van der Waals surface area contributed by atoms with Gasteiger partial charge in [0.1, 0.15) is 0 Å². The first-order chi connectivity index (χ1) is 13.5. The highest BCUT2D eigenvalue weighted by atomic mass is 32.5. The van der Waals surface area contributed by atoms with E-state index in [1.807, 2.05) is 34.9 Å². The lowest BCUT2D eigenvalue weighted by atomic mass is 10.2. The van der Waals surface area contributed by atoms with Gasteiger partial charge in [0.25, 0.3) is 0 Å². The van der Waals surface area contributed by atoms with Crippen molar-refractivity contribution in [2.75, 3.05) is 32.2 Å². The summed E-state index contributed by atoms with van der Waals surface area (Å²) in [6.07, 6.45) is 1.02. The Bertz CT molecular complexity index is 678. The van der Waals surface area contributed by atoms with Crippen LogP contribution < -0.4 is 9.42 Å². The molecule has 0 bridgehead atoms. The molecule has 0 atom stereocenters. The first-order valence-electron chi connectivity index (χ1n) is 9.08. The van der Waals surface area contributed by atoms with Crippen LogP contribution in [-0.4, -0.2) is 59.4 Å². The van der Waals surface area contributed by atoms with Crippen molar-refractivity contribution in [2.45, 2.75) is 46.5 Å². The van der Waals surface area contributed by atoms with Gasteiger partial charge in [0, 0.05) is 50.5 Å². The number of carboxylic acids is 2. The van der Waals surface area contributed by atoms with Gasteiger partial charge in [-0.3, -0.25) is 18.6 Å². The van der Waals surface area contributed by atoms with E-state index in [2.05, 4.69) is 9.97 Å². The Balaban J connectivity index is 0.000000665. The monoisotopic (exact) mass is 451 g/mol. The van der Waals surface area contributed by atoms with Gasteiger partial charge in [0.15, 0.2) is 0 Å². The van der Waals surface area contributed by atoms with Gasteiger partial charge in [-0.05, 0) is 33.6 Å². The lowest BCUT2D eigenvalue weighted by Gasteiger charge is -2.21. The summed E-state index contributed by atoms with van der Waals surface area (Å²) in [5.41, 5.74) is 0.795. The number of carboxylic acid groups (broad SMARTS) is 2. The number of anilines is 1. The summed E-state index contributed by atoms with van der Waals surface area (Å²) in [5.74, 6) is -0.804. The zero-order valence-electron chi connectivity index (χ0n) is 17.5. The maximum absolute atomic E-state index is 9.90. The number of hydrogen-bond donors (Lipinski definition) is 2. The van der Waals surface area contributed by atoms with Crippen molar-refractivity contribution >= 4 is 36.4 Å². The molecule has 166 valence electrons. The first kappa shape index (κ1) is 27.2. The van der Waals surface area contributed by atoms with Crippen LogP contribution in [-0.2, 0) is 30.4 Å². The number of nitrogens with zero attached hydrogens (tertiary/aromatic N) is 3. The van der Waals surface area contributed by atoms with Crippen LogP contribution in [0.25, 0.3) is 0 Å². The van der Waals surface area contributed by atoms with Gasteiger partial charge >= 0.3 is 18.7 Å². The lowest BCUT2D eigenvalue weighted by Crippen LogP contribution is -2.14. The summed E-state index contributed by atoms with van der Waals surface area (Å²) in [7, 11) is 3.72. The third-order valence-corrected chi connectivity index (χ3v) is 5.45. The summed E-state index contributed by atoms with van der Waals surface area (Å²) in [6.45, 7) is 3.64. The second-order valence-corrected chi connectivity index (χ2v) is 8.85. The lowest BCUT2D eigenvalue weighted by molar-refractivity contribution is -0.139. The number of rotatable bonds is 12. The zero-order valence-corrected chi connectivity index (χ0v) is 19.2. The van der Waals surface area contributed by atoms with Crippen molar-refractivity contribution in [3.63, 3.8) is 0 Å². The molecule has 0 saturated carbocycles. The van der Waals surface area contributed by atoms with Crippen molar-refractivity contribution in [3.05, 3.63) is 11.8 Å². The molecule has 0 fully saturated rings.